The van der Waals surface area contributed by atoms with E-state index in [1.165, 1.54) is 4.90 Å². The minimum Gasteiger partial charge on any atom is -0.507 e. The Bertz CT molecular complexity index is 1320. The van der Waals surface area contributed by atoms with Gasteiger partial charge >= 0.3 is 0 Å². The molecule has 192 valence electrons. The molecule has 0 saturated carbocycles. The first-order chi connectivity index (χ1) is 17.8. The topological polar surface area (TPSA) is 70.1 Å². The number of Topliss-reactive ketones (excluding diaryl/α,β-unsaturated/α-hetero) is 1. The molecule has 6 heteroatoms. The number of hydrogen-bond acceptors (Lipinski definition) is 5. The van der Waals surface area contributed by atoms with E-state index in [4.69, 9.17) is 4.74 Å². The van der Waals surface area contributed by atoms with E-state index in [2.05, 4.69) is 18.7 Å². The second-order valence-electron chi connectivity index (χ2n) is 9.24. The summed E-state index contributed by atoms with van der Waals surface area (Å²) in [5, 5.41) is 11.4. The molecule has 1 aliphatic rings. The second kappa shape index (κ2) is 10.9. The molecule has 37 heavy (non-hydrogen) atoms. The van der Waals surface area contributed by atoms with Crippen molar-refractivity contribution in [2.24, 2.45) is 0 Å². The van der Waals surface area contributed by atoms with Gasteiger partial charge in [0.05, 0.1) is 18.2 Å². The van der Waals surface area contributed by atoms with Crippen LogP contribution < -0.4 is 14.5 Å². The Morgan fingerprint density at radius 2 is 1.57 bits per heavy atom. The third-order valence-electron chi connectivity index (χ3n) is 6.68. The number of aliphatic hydroxyl groups excluding tert-OH is 1. The number of ether oxygens (including phenoxy) is 1. The van der Waals surface area contributed by atoms with Crippen LogP contribution in [0.4, 0.5) is 11.4 Å². The van der Waals surface area contributed by atoms with Gasteiger partial charge in [0, 0.05) is 30.0 Å². The Morgan fingerprint density at radius 1 is 0.919 bits per heavy atom. The largest absolute Gasteiger partial charge is 0.507 e. The van der Waals surface area contributed by atoms with Gasteiger partial charge in [0.2, 0.25) is 0 Å². The molecule has 0 radical (unpaired) electrons. The van der Waals surface area contributed by atoms with E-state index in [9.17, 15) is 14.7 Å². The van der Waals surface area contributed by atoms with Crippen molar-refractivity contribution in [1.82, 2.24) is 0 Å². The summed E-state index contributed by atoms with van der Waals surface area (Å²) in [7, 11) is 0. The van der Waals surface area contributed by atoms with E-state index in [0.717, 1.165) is 35.5 Å². The maximum absolute atomic E-state index is 13.5. The van der Waals surface area contributed by atoms with Gasteiger partial charge < -0.3 is 14.7 Å². The van der Waals surface area contributed by atoms with Gasteiger partial charge in [-0.25, -0.2) is 0 Å². The molecule has 1 saturated heterocycles. The predicted octanol–water partition coefficient (Wildman–Crippen LogP) is 6.17. The van der Waals surface area contributed by atoms with E-state index in [0.29, 0.717) is 23.6 Å². The van der Waals surface area contributed by atoms with E-state index in [1.54, 1.807) is 24.3 Å². The molecule has 6 nitrogen and oxygen atoms in total. The van der Waals surface area contributed by atoms with Gasteiger partial charge in [0.25, 0.3) is 11.7 Å². The average Bonchev–Trinajstić information content (AvgIpc) is 3.15. The lowest BCUT2D eigenvalue weighted by Gasteiger charge is -2.27. The van der Waals surface area contributed by atoms with Crippen molar-refractivity contribution >= 4 is 28.8 Å². The monoisotopic (exact) mass is 498 g/mol. The molecule has 1 N–H and O–H groups in total. The molecule has 1 unspecified atom stereocenters. The fourth-order valence-electron chi connectivity index (χ4n) is 5.02. The molecule has 0 aliphatic carbocycles. The van der Waals surface area contributed by atoms with Gasteiger partial charge in [-0.3, -0.25) is 14.5 Å². The van der Waals surface area contributed by atoms with Crippen LogP contribution in [0.15, 0.2) is 72.3 Å². The summed E-state index contributed by atoms with van der Waals surface area (Å²) >= 11 is 0. The van der Waals surface area contributed by atoms with Crippen LogP contribution in [0.25, 0.3) is 5.76 Å². The molecular formula is C31H34N2O4. The number of hydrogen-bond donors (Lipinski definition) is 1. The quantitative estimate of drug-likeness (QED) is 0.228. The number of rotatable bonds is 8. The van der Waals surface area contributed by atoms with Gasteiger partial charge in [-0.1, -0.05) is 30.3 Å². The van der Waals surface area contributed by atoms with Crippen molar-refractivity contribution in [3.05, 3.63) is 94.6 Å². The normalized spacial score (nSPS) is 16.8. The van der Waals surface area contributed by atoms with Gasteiger partial charge in [-0.15, -0.1) is 0 Å². The first-order valence-electron chi connectivity index (χ1n) is 12.8. The number of anilines is 2. The number of amides is 1. The molecule has 1 amide bonds. The lowest BCUT2D eigenvalue weighted by Crippen LogP contribution is -2.29. The Balaban J connectivity index is 1.91. The fourth-order valence-corrected chi connectivity index (χ4v) is 5.02. The molecule has 1 fully saturated rings. The number of nitrogens with zero attached hydrogens (tertiary/aromatic N) is 2. The number of benzene rings is 3. The van der Waals surface area contributed by atoms with Crippen LogP contribution in [0, 0.1) is 13.8 Å². The van der Waals surface area contributed by atoms with Crippen LogP contribution in [0.5, 0.6) is 5.75 Å². The summed E-state index contributed by atoms with van der Waals surface area (Å²) in [6, 6.07) is 19.8. The molecule has 3 aromatic carbocycles. The fraction of sp³-hybridized carbons (Fsp3) is 0.290. The minimum absolute atomic E-state index is 0.0633. The minimum atomic E-state index is -0.775. The number of aryl methyl sites for hydroxylation is 2. The van der Waals surface area contributed by atoms with Crippen molar-refractivity contribution in [3.8, 4) is 5.75 Å². The molecule has 4 rings (SSSR count). The molecule has 3 aromatic rings. The summed E-state index contributed by atoms with van der Waals surface area (Å²) in [4.78, 5) is 30.7. The molecule has 1 atom stereocenters. The molecule has 0 bridgehead atoms. The summed E-state index contributed by atoms with van der Waals surface area (Å²) in [6.45, 7) is 12.2. The lowest BCUT2D eigenvalue weighted by atomic mass is 9.94. The zero-order valence-corrected chi connectivity index (χ0v) is 22.1. The number of ketones is 1. The second-order valence-corrected chi connectivity index (χ2v) is 9.24. The summed E-state index contributed by atoms with van der Waals surface area (Å²) < 4.78 is 5.59. The maximum atomic E-state index is 13.5. The van der Waals surface area contributed by atoms with Crippen LogP contribution in [0.1, 0.15) is 49.1 Å². The average molecular weight is 499 g/mol. The summed E-state index contributed by atoms with van der Waals surface area (Å²) in [5.41, 5.74) is 4.88. The zero-order valence-electron chi connectivity index (χ0n) is 22.1. The molecule has 1 aliphatic heterocycles. The van der Waals surface area contributed by atoms with E-state index in [-0.39, 0.29) is 11.3 Å². The van der Waals surface area contributed by atoms with Crippen molar-refractivity contribution < 1.29 is 19.4 Å². The van der Waals surface area contributed by atoms with Gasteiger partial charge in [0.1, 0.15) is 11.5 Å². The highest BCUT2D eigenvalue weighted by atomic mass is 16.5. The van der Waals surface area contributed by atoms with Crippen LogP contribution >= 0.6 is 0 Å². The van der Waals surface area contributed by atoms with Gasteiger partial charge in [-0.05, 0) is 87.7 Å². The Kier molecular flexibility index (Phi) is 7.67. The highest BCUT2D eigenvalue weighted by Gasteiger charge is 2.47. The van der Waals surface area contributed by atoms with Crippen LogP contribution in [-0.2, 0) is 9.59 Å². The van der Waals surface area contributed by atoms with Crippen LogP contribution in [-0.4, -0.2) is 36.5 Å². The van der Waals surface area contributed by atoms with Crippen molar-refractivity contribution in [2.75, 3.05) is 29.5 Å². The third kappa shape index (κ3) is 5.10. The van der Waals surface area contributed by atoms with Crippen molar-refractivity contribution in [2.45, 2.75) is 40.7 Å². The number of aliphatic hydroxyl groups is 1. The predicted molar refractivity (Wildman–Crippen MR) is 148 cm³/mol. The number of carbonyl (C=O) groups is 2. The van der Waals surface area contributed by atoms with Crippen LogP contribution in [0.3, 0.4) is 0 Å². The molecular weight excluding hydrogens is 464 g/mol. The van der Waals surface area contributed by atoms with Crippen molar-refractivity contribution in [3.63, 3.8) is 0 Å². The van der Waals surface area contributed by atoms with E-state index < -0.39 is 17.7 Å². The molecule has 1 heterocycles. The van der Waals surface area contributed by atoms with Gasteiger partial charge in [-0.2, -0.15) is 0 Å². The summed E-state index contributed by atoms with van der Waals surface area (Å²) in [5.74, 6) is -1.01. The maximum Gasteiger partial charge on any atom is 0.300 e. The smallest absolute Gasteiger partial charge is 0.300 e. The Hall–Kier alpha value is -4.06. The first kappa shape index (κ1) is 26.0. The highest BCUT2D eigenvalue weighted by molar-refractivity contribution is 6.51. The lowest BCUT2D eigenvalue weighted by molar-refractivity contribution is -0.132. The summed E-state index contributed by atoms with van der Waals surface area (Å²) in [6.07, 6.45) is 0. The molecule has 0 aromatic heterocycles. The standard InChI is InChI=1S/C31H34N2O4/c1-6-32(7-2)24-14-12-22(13-15-24)28-27(29(34)23-10-9-11-26(19-23)37-8-3)30(35)31(36)33(28)25-17-20(4)16-21(5)18-25/h9-19,28,34H,6-8H2,1-5H3/b29-27+. The first-order valence-corrected chi connectivity index (χ1v) is 12.8. The Morgan fingerprint density at radius 3 is 2.16 bits per heavy atom. The van der Waals surface area contributed by atoms with Gasteiger partial charge in [0.15, 0.2) is 0 Å². The van der Waals surface area contributed by atoms with E-state index >= 15 is 0 Å². The van der Waals surface area contributed by atoms with E-state index in [1.807, 2.05) is 63.2 Å². The highest BCUT2D eigenvalue weighted by Crippen LogP contribution is 2.43. The van der Waals surface area contributed by atoms with Crippen molar-refractivity contribution in [1.29, 1.82) is 0 Å². The SMILES string of the molecule is CCOc1cccc(/C(O)=C2\C(=O)C(=O)N(c3cc(C)cc(C)c3)C2c2ccc(N(CC)CC)cc2)c1. The number of carbonyl (C=O) groups excluding carboxylic acids is 2. The van der Waals surface area contributed by atoms with Crippen LogP contribution in [0.2, 0.25) is 0 Å². The molecule has 0 spiro atoms. The Labute approximate surface area is 218 Å². The third-order valence-corrected chi connectivity index (χ3v) is 6.68. The zero-order chi connectivity index (χ0) is 26.7.